The van der Waals surface area contributed by atoms with Gasteiger partial charge in [-0.3, -0.25) is 19.0 Å². The number of anilines is 1. The third-order valence-electron chi connectivity index (χ3n) is 8.08. The van der Waals surface area contributed by atoms with Crippen LogP contribution in [-0.2, 0) is 4.79 Å². The van der Waals surface area contributed by atoms with Gasteiger partial charge in [-0.05, 0) is 78.7 Å². The molecule has 9 heteroatoms. The first-order valence-electron chi connectivity index (χ1n) is 15.8. The Morgan fingerprint density at radius 1 is 0.755 bits per heavy atom. The molecule has 5 aromatic carbocycles. The van der Waals surface area contributed by atoms with E-state index in [1.165, 1.54) is 18.9 Å². The van der Waals surface area contributed by atoms with Crippen molar-refractivity contribution in [3.63, 3.8) is 0 Å². The predicted octanol–water partition coefficient (Wildman–Crippen LogP) is 8.43. The van der Waals surface area contributed by atoms with E-state index in [0.29, 0.717) is 34.7 Å². The van der Waals surface area contributed by atoms with Gasteiger partial charge in [-0.2, -0.15) is 0 Å². The Hall–Kier alpha value is -5.80. The summed E-state index contributed by atoms with van der Waals surface area (Å²) in [7, 11) is 3.07. The van der Waals surface area contributed by atoms with Crippen molar-refractivity contribution in [3.05, 3.63) is 138 Å². The van der Waals surface area contributed by atoms with Crippen LogP contribution in [0.5, 0.6) is 11.5 Å². The van der Waals surface area contributed by atoms with E-state index in [0.717, 1.165) is 26.7 Å². The van der Waals surface area contributed by atoms with Crippen LogP contribution in [0.25, 0.3) is 27.9 Å². The summed E-state index contributed by atoms with van der Waals surface area (Å²) in [5.74, 6) is 0.112. The van der Waals surface area contributed by atoms with Gasteiger partial charge in [0.1, 0.15) is 5.70 Å². The van der Waals surface area contributed by atoms with Crippen molar-refractivity contribution in [1.82, 2.24) is 9.88 Å². The van der Waals surface area contributed by atoms with Crippen LogP contribution in [0.4, 0.5) is 5.69 Å². The molecule has 8 nitrogen and oxygen atoms in total. The largest absolute Gasteiger partial charge is 0.493 e. The number of hydrogen-bond donors (Lipinski definition) is 2. The maximum Gasteiger partial charge on any atom is 0.272 e. The molecule has 0 aliphatic carbocycles. The van der Waals surface area contributed by atoms with Gasteiger partial charge in [0, 0.05) is 26.9 Å². The molecule has 1 unspecified atom stereocenters. The summed E-state index contributed by atoms with van der Waals surface area (Å²) in [5.41, 5.74) is 3.40. The molecule has 0 saturated heterocycles. The lowest BCUT2D eigenvalue weighted by Crippen LogP contribution is -2.30. The van der Waals surface area contributed by atoms with Crippen LogP contribution < -0.4 is 20.1 Å². The Kier molecular flexibility index (Phi) is 10.1. The second-order valence-electron chi connectivity index (χ2n) is 11.2. The van der Waals surface area contributed by atoms with Crippen molar-refractivity contribution in [2.24, 2.45) is 0 Å². The van der Waals surface area contributed by atoms with Crippen LogP contribution in [0.15, 0.2) is 132 Å². The van der Waals surface area contributed by atoms with Crippen LogP contribution in [0.2, 0.25) is 0 Å². The van der Waals surface area contributed by atoms with Crippen molar-refractivity contribution in [1.29, 1.82) is 0 Å². The van der Waals surface area contributed by atoms with E-state index in [1.54, 1.807) is 67.8 Å². The molecule has 0 spiro atoms. The lowest BCUT2D eigenvalue weighted by Gasteiger charge is -2.16. The first-order valence-corrected chi connectivity index (χ1v) is 16.7. The molecule has 0 bridgehead atoms. The molecule has 6 rings (SSSR count). The van der Waals surface area contributed by atoms with Crippen LogP contribution in [0.3, 0.4) is 0 Å². The molecule has 246 valence electrons. The third kappa shape index (κ3) is 7.22. The number of nitrogens with zero attached hydrogens (tertiary/aromatic N) is 1. The van der Waals surface area contributed by atoms with Gasteiger partial charge in [-0.25, -0.2) is 0 Å². The van der Waals surface area contributed by atoms with E-state index in [9.17, 15) is 14.4 Å². The summed E-state index contributed by atoms with van der Waals surface area (Å²) in [6.07, 6.45) is 2.21. The number of amides is 2. The Labute approximate surface area is 288 Å². The number of thioether (sulfide) groups is 1. The summed E-state index contributed by atoms with van der Waals surface area (Å²) in [6.45, 7) is 2.01. The fraction of sp³-hybridized carbons (Fsp3) is 0.125. The summed E-state index contributed by atoms with van der Waals surface area (Å²) in [6, 6.07) is 37.1. The SMILES string of the molecule is CCC(Sc1ccc(NC(=O)/C(=C/c2ccc(OC)c(OC)c2)NC(=O)c2ccccc2)cc1)C(=O)n1c2ccccc2c2ccccc21. The van der Waals surface area contributed by atoms with Gasteiger partial charge in [-0.15, -0.1) is 11.8 Å². The number of nitrogens with one attached hydrogen (secondary N) is 2. The van der Waals surface area contributed by atoms with Crippen molar-refractivity contribution >= 4 is 63.1 Å². The molecule has 6 aromatic rings. The number of carbonyl (C=O) groups is 3. The third-order valence-corrected chi connectivity index (χ3v) is 9.45. The molecule has 0 radical (unpaired) electrons. The Morgan fingerprint density at radius 2 is 1.37 bits per heavy atom. The monoisotopic (exact) mass is 669 g/mol. The number of carbonyl (C=O) groups excluding carboxylic acids is 3. The quantitative estimate of drug-likeness (QED) is 0.106. The molecule has 0 fully saturated rings. The van der Waals surface area contributed by atoms with Crippen molar-refractivity contribution in [2.75, 3.05) is 19.5 Å². The van der Waals surface area contributed by atoms with E-state index >= 15 is 0 Å². The van der Waals surface area contributed by atoms with Crippen LogP contribution >= 0.6 is 11.8 Å². The number of aromatic nitrogens is 1. The minimum Gasteiger partial charge on any atom is -0.493 e. The Bertz CT molecular complexity index is 2120. The summed E-state index contributed by atoms with van der Waals surface area (Å²) in [4.78, 5) is 41.6. The van der Waals surface area contributed by atoms with Crippen molar-refractivity contribution < 1.29 is 23.9 Å². The highest BCUT2D eigenvalue weighted by Crippen LogP contribution is 2.33. The van der Waals surface area contributed by atoms with Gasteiger partial charge in [0.05, 0.1) is 30.5 Å². The number of benzene rings is 5. The average molecular weight is 670 g/mol. The number of hydrogen-bond acceptors (Lipinski definition) is 6. The fourth-order valence-corrected chi connectivity index (χ4v) is 6.64. The molecular weight excluding hydrogens is 635 g/mol. The number of fused-ring (bicyclic) bond motifs is 3. The van der Waals surface area contributed by atoms with E-state index in [4.69, 9.17) is 9.47 Å². The maximum atomic E-state index is 14.0. The second-order valence-corrected chi connectivity index (χ2v) is 12.5. The molecule has 0 aliphatic rings. The Balaban J connectivity index is 1.21. The van der Waals surface area contributed by atoms with Gasteiger partial charge in [0.25, 0.3) is 11.8 Å². The maximum absolute atomic E-state index is 14.0. The first-order chi connectivity index (χ1) is 23.9. The average Bonchev–Trinajstić information content (AvgIpc) is 3.48. The second kappa shape index (κ2) is 15.0. The highest BCUT2D eigenvalue weighted by Gasteiger charge is 2.24. The minimum atomic E-state index is -0.507. The Morgan fingerprint density at radius 3 is 1.98 bits per heavy atom. The highest BCUT2D eigenvalue weighted by molar-refractivity contribution is 8.00. The molecule has 0 aliphatic heterocycles. The summed E-state index contributed by atoms with van der Waals surface area (Å²) < 4.78 is 12.6. The van der Waals surface area contributed by atoms with Gasteiger partial charge in [0.15, 0.2) is 11.5 Å². The molecule has 2 N–H and O–H groups in total. The van der Waals surface area contributed by atoms with Crippen molar-refractivity contribution in [3.8, 4) is 11.5 Å². The molecule has 1 heterocycles. The summed E-state index contributed by atoms with van der Waals surface area (Å²) in [5, 5.41) is 7.41. The molecule has 2 amide bonds. The lowest BCUT2D eigenvalue weighted by atomic mass is 10.1. The van der Waals surface area contributed by atoms with Crippen LogP contribution in [0, 0.1) is 0 Å². The smallest absolute Gasteiger partial charge is 0.272 e. The minimum absolute atomic E-state index is 0.0152. The van der Waals surface area contributed by atoms with E-state index in [-0.39, 0.29) is 16.9 Å². The molecule has 49 heavy (non-hydrogen) atoms. The highest BCUT2D eigenvalue weighted by atomic mass is 32.2. The van der Waals surface area contributed by atoms with Gasteiger partial charge < -0.3 is 20.1 Å². The van der Waals surface area contributed by atoms with Crippen LogP contribution in [0.1, 0.15) is 34.1 Å². The number of ether oxygens (including phenoxy) is 2. The van der Waals surface area contributed by atoms with E-state index < -0.39 is 11.8 Å². The van der Waals surface area contributed by atoms with Gasteiger partial charge in [-0.1, -0.05) is 67.6 Å². The lowest BCUT2D eigenvalue weighted by molar-refractivity contribution is -0.113. The summed E-state index contributed by atoms with van der Waals surface area (Å²) >= 11 is 1.49. The van der Waals surface area contributed by atoms with Gasteiger partial charge >= 0.3 is 0 Å². The van der Waals surface area contributed by atoms with E-state index in [2.05, 4.69) is 10.6 Å². The number of rotatable bonds is 11. The number of para-hydroxylation sites is 2. The number of methoxy groups -OCH3 is 2. The molecule has 1 atom stereocenters. The normalized spacial score (nSPS) is 12.0. The van der Waals surface area contributed by atoms with E-state index in [1.807, 2.05) is 78.2 Å². The molecule has 1 aromatic heterocycles. The van der Waals surface area contributed by atoms with Crippen LogP contribution in [-0.4, -0.2) is 41.8 Å². The first kappa shape index (κ1) is 33.1. The molecule has 0 saturated carbocycles. The van der Waals surface area contributed by atoms with Crippen molar-refractivity contribution in [2.45, 2.75) is 23.5 Å². The zero-order valence-electron chi connectivity index (χ0n) is 27.3. The van der Waals surface area contributed by atoms with Gasteiger partial charge in [0.2, 0.25) is 5.91 Å². The zero-order chi connectivity index (χ0) is 34.3. The standard InChI is InChI=1S/C40H35N3O5S/c1-4-37(40(46)43-33-16-10-8-14-30(33)31-15-9-11-17-34(31)43)49-29-21-19-28(20-22-29)41-39(45)32(42-38(44)27-12-6-5-7-13-27)24-26-18-23-35(47-2)36(25-26)48-3/h5-25,37H,4H2,1-3H3,(H,41,45)(H,42,44)/b32-24-. The molecular formula is C40H35N3O5S. The fourth-order valence-electron chi connectivity index (χ4n) is 5.64. The zero-order valence-corrected chi connectivity index (χ0v) is 28.1. The predicted molar refractivity (Wildman–Crippen MR) is 197 cm³/mol. The topological polar surface area (TPSA) is 98.7 Å².